The number of aryl methyl sites for hydroxylation is 1. The minimum absolute atomic E-state index is 0.229. The van der Waals surface area contributed by atoms with Crippen LogP contribution in [0.15, 0.2) is 53.5 Å². The largest absolute Gasteiger partial charge is 0.497 e. The summed E-state index contributed by atoms with van der Waals surface area (Å²) in [6, 6.07) is 16.2. The number of aliphatic imine (C=N–C) groups is 1. The Balaban J connectivity index is 1.68. The number of nitrogens with zero attached hydrogens (tertiary/aromatic N) is 1. The molecule has 0 aliphatic carbocycles. The lowest BCUT2D eigenvalue weighted by Gasteiger charge is -2.16. The molecule has 3 rings (SSSR count). The summed E-state index contributed by atoms with van der Waals surface area (Å²) in [6.07, 6.45) is 3.16. The van der Waals surface area contributed by atoms with Crippen molar-refractivity contribution in [2.45, 2.75) is 51.2 Å². The van der Waals surface area contributed by atoms with E-state index >= 15 is 0 Å². The van der Waals surface area contributed by atoms with Gasteiger partial charge in [0.25, 0.3) is 0 Å². The number of hydrogen-bond donors (Lipinski definition) is 1. The summed E-state index contributed by atoms with van der Waals surface area (Å²) in [5.41, 5.74) is 2.79. The Hall–Kier alpha value is -2.33. The molecule has 0 saturated carbocycles. The van der Waals surface area contributed by atoms with Gasteiger partial charge in [0.05, 0.1) is 18.8 Å². The van der Waals surface area contributed by atoms with Crippen LogP contribution < -0.4 is 4.74 Å². The predicted octanol–water partition coefficient (Wildman–Crippen LogP) is 4.70. The van der Waals surface area contributed by atoms with E-state index in [2.05, 4.69) is 29.3 Å². The topological polar surface area (TPSA) is 51.0 Å². The maximum atomic E-state index is 10.8. The first kappa shape index (κ1) is 19.4. The third-order valence-corrected chi connectivity index (χ3v) is 4.85. The van der Waals surface area contributed by atoms with Crippen LogP contribution in [0.2, 0.25) is 0 Å². The Labute approximate surface area is 161 Å². The number of aliphatic hydroxyl groups excluding tert-OH is 1. The van der Waals surface area contributed by atoms with Crippen LogP contribution in [0, 0.1) is 0 Å². The number of methoxy groups -OCH3 is 1. The minimum atomic E-state index is -0.569. The van der Waals surface area contributed by atoms with Crippen molar-refractivity contribution in [3.05, 3.63) is 65.2 Å². The predicted molar refractivity (Wildman–Crippen MR) is 109 cm³/mol. The van der Waals surface area contributed by atoms with Crippen LogP contribution >= 0.6 is 0 Å². The molecule has 144 valence electrons. The smallest absolute Gasteiger partial charge is 0.217 e. The third-order valence-electron chi connectivity index (χ3n) is 4.85. The van der Waals surface area contributed by atoms with Gasteiger partial charge in [-0.2, -0.15) is 0 Å². The molecular formula is C23H29NO3. The molecule has 0 spiro atoms. The quantitative estimate of drug-likeness (QED) is 0.688. The van der Waals surface area contributed by atoms with E-state index in [4.69, 9.17) is 9.47 Å². The normalized spacial score (nSPS) is 16.5. The van der Waals surface area contributed by atoms with Crippen molar-refractivity contribution in [3.63, 3.8) is 0 Å². The average molecular weight is 367 g/mol. The molecule has 1 atom stereocenters. The van der Waals surface area contributed by atoms with E-state index in [9.17, 15) is 5.11 Å². The molecule has 0 aromatic heterocycles. The molecule has 4 heteroatoms. The number of benzene rings is 2. The highest BCUT2D eigenvalue weighted by Crippen LogP contribution is 2.30. The van der Waals surface area contributed by atoms with Gasteiger partial charge in [0.1, 0.15) is 12.4 Å². The van der Waals surface area contributed by atoms with E-state index in [0.717, 1.165) is 36.1 Å². The lowest BCUT2D eigenvalue weighted by atomic mass is 9.96. The first-order chi connectivity index (χ1) is 13.0. The van der Waals surface area contributed by atoms with Gasteiger partial charge in [-0.05, 0) is 62.4 Å². The van der Waals surface area contributed by atoms with Crippen LogP contribution in [0.3, 0.4) is 0 Å². The fourth-order valence-corrected chi connectivity index (χ4v) is 3.33. The maximum Gasteiger partial charge on any atom is 0.217 e. The van der Waals surface area contributed by atoms with Gasteiger partial charge in [-0.3, -0.25) is 0 Å². The zero-order valence-corrected chi connectivity index (χ0v) is 16.4. The number of unbranched alkanes of at least 4 members (excludes halogenated alkanes) is 1. The Bertz CT molecular complexity index is 783. The van der Waals surface area contributed by atoms with Crippen molar-refractivity contribution in [1.82, 2.24) is 0 Å². The molecule has 1 N–H and O–H groups in total. The van der Waals surface area contributed by atoms with Crippen molar-refractivity contribution in [3.8, 4) is 5.75 Å². The van der Waals surface area contributed by atoms with E-state index in [1.54, 1.807) is 7.11 Å². The van der Waals surface area contributed by atoms with Gasteiger partial charge in [-0.15, -0.1) is 0 Å². The van der Waals surface area contributed by atoms with Gasteiger partial charge in [0.15, 0.2) is 0 Å². The highest BCUT2D eigenvalue weighted by Gasteiger charge is 2.29. The molecule has 1 heterocycles. The maximum absolute atomic E-state index is 10.8. The Morgan fingerprint density at radius 1 is 1.15 bits per heavy atom. The molecule has 2 aromatic rings. The van der Waals surface area contributed by atoms with Crippen LogP contribution in [0.4, 0.5) is 0 Å². The van der Waals surface area contributed by atoms with Crippen molar-refractivity contribution in [1.29, 1.82) is 0 Å². The fourth-order valence-electron chi connectivity index (χ4n) is 3.33. The van der Waals surface area contributed by atoms with Gasteiger partial charge < -0.3 is 14.6 Å². The van der Waals surface area contributed by atoms with Gasteiger partial charge in [0.2, 0.25) is 5.90 Å². The fraction of sp³-hybridized carbons (Fsp3) is 0.435. The molecule has 1 unspecified atom stereocenters. The Morgan fingerprint density at radius 3 is 2.59 bits per heavy atom. The van der Waals surface area contributed by atoms with Crippen LogP contribution in [-0.4, -0.2) is 30.3 Å². The van der Waals surface area contributed by atoms with E-state index in [-0.39, 0.29) is 5.54 Å². The van der Waals surface area contributed by atoms with E-state index < -0.39 is 6.10 Å². The summed E-state index contributed by atoms with van der Waals surface area (Å²) in [7, 11) is 1.64. The zero-order valence-electron chi connectivity index (χ0n) is 16.4. The van der Waals surface area contributed by atoms with Crippen LogP contribution in [0.5, 0.6) is 5.75 Å². The highest BCUT2D eigenvalue weighted by atomic mass is 16.5. The van der Waals surface area contributed by atoms with Crippen LogP contribution in [-0.2, 0) is 11.2 Å². The summed E-state index contributed by atoms with van der Waals surface area (Å²) in [4.78, 5) is 4.67. The second kappa shape index (κ2) is 8.57. The van der Waals surface area contributed by atoms with Crippen molar-refractivity contribution >= 4 is 5.90 Å². The molecule has 0 saturated heterocycles. The summed E-state index contributed by atoms with van der Waals surface area (Å²) >= 11 is 0. The SMILES string of the molecule is COc1ccc(C2=NC(C)(C)CO2)c(C(O)CCCCc2ccccc2)c1. The van der Waals surface area contributed by atoms with E-state index in [1.165, 1.54) is 5.56 Å². The Morgan fingerprint density at radius 2 is 1.93 bits per heavy atom. The Kier molecular flexibility index (Phi) is 6.17. The lowest BCUT2D eigenvalue weighted by Crippen LogP contribution is -2.17. The first-order valence-electron chi connectivity index (χ1n) is 9.61. The van der Waals surface area contributed by atoms with Gasteiger partial charge in [0, 0.05) is 5.56 Å². The highest BCUT2D eigenvalue weighted by molar-refractivity contribution is 5.97. The van der Waals surface area contributed by atoms with Gasteiger partial charge in [-0.1, -0.05) is 36.8 Å². The number of aliphatic hydroxyl groups is 1. The van der Waals surface area contributed by atoms with E-state index in [0.29, 0.717) is 18.9 Å². The molecule has 0 bridgehead atoms. The summed E-state index contributed by atoms with van der Waals surface area (Å²) in [5, 5.41) is 10.8. The zero-order chi connectivity index (χ0) is 19.3. The average Bonchev–Trinajstić information content (AvgIpc) is 3.05. The summed E-state index contributed by atoms with van der Waals surface area (Å²) < 4.78 is 11.2. The van der Waals surface area contributed by atoms with Gasteiger partial charge in [-0.25, -0.2) is 4.99 Å². The molecule has 27 heavy (non-hydrogen) atoms. The lowest BCUT2D eigenvalue weighted by molar-refractivity contribution is 0.162. The van der Waals surface area contributed by atoms with Crippen LogP contribution in [0.1, 0.15) is 55.9 Å². The standard InChI is InChI=1S/C23H29NO3/c1-23(2)16-27-22(24-23)19-14-13-18(26-3)15-20(19)21(25)12-8-7-11-17-9-5-4-6-10-17/h4-6,9-10,13-15,21,25H,7-8,11-12,16H2,1-3H3. The monoisotopic (exact) mass is 367 g/mol. The van der Waals surface area contributed by atoms with Crippen molar-refractivity contribution in [2.75, 3.05) is 13.7 Å². The van der Waals surface area contributed by atoms with Crippen LogP contribution in [0.25, 0.3) is 0 Å². The second-order valence-corrected chi connectivity index (χ2v) is 7.72. The third kappa shape index (κ3) is 5.10. The molecular weight excluding hydrogens is 338 g/mol. The second-order valence-electron chi connectivity index (χ2n) is 7.72. The number of rotatable bonds is 8. The number of hydrogen-bond acceptors (Lipinski definition) is 4. The molecule has 1 aliphatic heterocycles. The van der Waals surface area contributed by atoms with Crippen molar-refractivity contribution < 1.29 is 14.6 Å². The molecule has 4 nitrogen and oxygen atoms in total. The molecule has 0 amide bonds. The molecule has 0 radical (unpaired) electrons. The van der Waals surface area contributed by atoms with Gasteiger partial charge >= 0.3 is 0 Å². The number of ether oxygens (including phenoxy) is 2. The molecule has 2 aromatic carbocycles. The van der Waals surface area contributed by atoms with E-state index in [1.807, 2.05) is 38.1 Å². The molecule has 1 aliphatic rings. The summed E-state index contributed by atoms with van der Waals surface area (Å²) in [6.45, 7) is 4.65. The minimum Gasteiger partial charge on any atom is -0.497 e. The summed E-state index contributed by atoms with van der Waals surface area (Å²) in [5.74, 6) is 1.34. The van der Waals surface area contributed by atoms with Crippen molar-refractivity contribution in [2.24, 2.45) is 4.99 Å². The first-order valence-corrected chi connectivity index (χ1v) is 9.61. The molecule has 0 fully saturated rings.